The summed E-state index contributed by atoms with van der Waals surface area (Å²) < 4.78 is 67.4. The molecule has 1 saturated heterocycles. The molecular formula is C24H25ClF5N5O. The maximum absolute atomic E-state index is 14.5. The Hall–Kier alpha value is -3.21. The summed E-state index contributed by atoms with van der Waals surface area (Å²) in [4.78, 5) is 22.1. The molecule has 1 aliphatic heterocycles. The lowest BCUT2D eigenvalue weighted by atomic mass is 9.88. The number of amides is 1. The third kappa shape index (κ3) is 6.51. The van der Waals surface area contributed by atoms with Crippen LogP contribution in [0.1, 0.15) is 24.5 Å². The number of alkyl halides is 5. The molecule has 2 aromatic rings. The SMILES string of the molecule is CN=CC(=C(N)C(=O)N1CC(F)(F)CC(C)[C@H]1CNc1ccc(C(F)(F)F)cn1)c1cccc(Cl)c1. The number of hydrogen-bond acceptors (Lipinski definition) is 5. The van der Waals surface area contributed by atoms with Gasteiger partial charge in [-0.05, 0) is 35.7 Å². The summed E-state index contributed by atoms with van der Waals surface area (Å²) in [6.45, 7) is 0.684. The van der Waals surface area contributed by atoms with Crippen LogP contribution in [0.2, 0.25) is 5.02 Å². The number of piperidine rings is 1. The van der Waals surface area contributed by atoms with Gasteiger partial charge in [0, 0.05) is 43.0 Å². The highest BCUT2D eigenvalue weighted by atomic mass is 35.5. The van der Waals surface area contributed by atoms with Crippen molar-refractivity contribution < 1.29 is 26.7 Å². The maximum atomic E-state index is 14.5. The molecular weight excluding hydrogens is 505 g/mol. The van der Waals surface area contributed by atoms with Crippen LogP contribution in [0.15, 0.2) is 53.3 Å². The van der Waals surface area contributed by atoms with E-state index in [2.05, 4.69) is 15.3 Å². The lowest BCUT2D eigenvalue weighted by molar-refractivity contribution is -0.148. The topological polar surface area (TPSA) is 83.6 Å². The number of rotatable bonds is 6. The van der Waals surface area contributed by atoms with E-state index >= 15 is 0 Å². The Labute approximate surface area is 210 Å². The Morgan fingerprint density at radius 3 is 2.64 bits per heavy atom. The van der Waals surface area contributed by atoms with E-state index in [0.29, 0.717) is 16.8 Å². The van der Waals surface area contributed by atoms with Gasteiger partial charge in [0.25, 0.3) is 11.8 Å². The molecule has 0 saturated carbocycles. The van der Waals surface area contributed by atoms with Crippen molar-refractivity contribution in [1.82, 2.24) is 9.88 Å². The molecule has 1 fully saturated rings. The van der Waals surface area contributed by atoms with Crippen LogP contribution in [0.25, 0.3) is 5.57 Å². The number of nitrogens with two attached hydrogens (primary N) is 1. The Morgan fingerprint density at radius 2 is 2.06 bits per heavy atom. The molecule has 0 radical (unpaired) electrons. The molecule has 36 heavy (non-hydrogen) atoms. The van der Waals surface area contributed by atoms with Crippen LogP contribution < -0.4 is 11.1 Å². The fourth-order valence-electron chi connectivity index (χ4n) is 4.11. The number of nitrogens with one attached hydrogen (secondary N) is 1. The van der Waals surface area contributed by atoms with E-state index in [1.54, 1.807) is 31.2 Å². The molecule has 3 N–H and O–H groups in total. The van der Waals surface area contributed by atoms with Gasteiger partial charge in [-0.1, -0.05) is 30.7 Å². The second kappa shape index (κ2) is 10.8. The minimum atomic E-state index is -4.54. The van der Waals surface area contributed by atoms with Gasteiger partial charge in [0.05, 0.1) is 18.2 Å². The van der Waals surface area contributed by atoms with Gasteiger partial charge >= 0.3 is 6.18 Å². The molecule has 1 unspecified atom stereocenters. The number of hydrogen-bond donors (Lipinski definition) is 2. The molecule has 1 aromatic heterocycles. The van der Waals surface area contributed by atoms with Crippen LogP contribution >= 0.6 is 11.6 Å². The fourth-order valence-corrected chi connectivity index (χ4v) is 4.30. The Bertz CT molecular complexity index is 1150. The van der Waals surface area contributed by atoms with Gasteiger partial charge in [0.1, 0.15) is 11.5 Å². The standard InChI is InChI=1S/C24H25ClF5N5O/c1-14-9-23(26,27)13-35(19(14)12-34-20-7-6-16(10-33-20)24(28,29)30)22(36)21(31)18(11-32-2)15-4-3-5-17(25)8-15/h3-8,10-11,14,19H,9,12-13,31H2,1-2H3,(H,33,34)/t14?,19-/m1/s1. The quantitative estimate of drug-likeness (QED) is 0.309. The van der Waals surface area contributed by atoms with Crippen molar-refractivity contribution in [1.29, 1.82) is 0 Å². The van der Waals surface area contributed by atoms with E-state index in [1.165, 1.54) is 13.3 Å². The number of aliphatic imine (C=N–C) groups is 1. The summed E-state index contributed by atoms with van der Waals surface area (Å²) in [5.41, 5.74) is 5.70. The van der Waals surface area contributed by atoms with Gasteiger partial charge in [-0.2, -0.15) is 13.2 Å². The largest absolute Gasteiger partial charge is 0.417 e. The molecule has 194 valence electrons. The third-order valence-corrected chi connectivity index (χ3v) is 6.07. The zero-order valence-electron chi connectivity index (χ0n) is 19.5. The van der Waals surface area contributed by atoms with Gasteiger partial charge < -0.3 is 16.0 Å². The highest BCUT2D eigenvalue weighted by Gasteiger charge is 2.46. The number of carbonyl (C=O) groups is 1. The lowest BCUT2D eigenvalue weighted by Gasteiger charge is -2.43. The van der Waals surface area contributed by atoms with Crippen LogP contribution in [0.4, 0.5) is 27.8 Å². The van der Waals surface area contributed by atoms with E-state index in [-0.39, 0.29) is 23.6 Å². The summed E-state index contributed by atoms with van der Waals surface area (Å²) in [5.74, 6) is -4.50. The normalized spacial score (nSPS) is 20.8. The van der Waals surface area contributed by atoms with Crippen molar-refractivity contribution in [3.63, 3.8) is 0 Å². The number of carbonyl (C=O) groups excluding carboxylic acids is 1. The first-order valence-corrected chi connectivity index (χ1v) is 11.3. The lowest BCUT2D eigenvalue weighted by Crippen LogP contribution is -2.58. The van der Waals surface area contributed by atoms with E-state index in [4.69, 9.17) is 17.3 Å². The molecule has 3 rings (SSSR count). The first-order valence-electron chi connectivity index (χ1n) is 11.0. The van der Waals surface area contributed by atoms with Crippen LogP contribution in [-0.4, -0.2) is 54.1 Å². The van der Waals surface area contributed by atoms with Gasteiger partial charge in [0.2, 0.25) is 0 Å². The molecule has 0 aliphatic carbocycles. The van der Waals surface area contributed by atoms with Crippen molar-refractivity contribution in [2.45, 2.75) is 31.5 Å². The molecule has 0 spiro atoms. The smallest absolute Gasteiger partial charge is 0.394 e. The molecule has 2 atom stereocenters. The molecule has 1 aliphatic rings. The highest BCUT2D eigenvalue weighted by molar-refractivity contribution is 6.31. The summed E-state index contributed by atoms with van der Waals surface area (Å²) in [6, 6.07) is 7.78. The van der Waals surface area contributed by atoms with Gasteiger partial charge in [-0.15, -0.1) is 0 Å². The van der Waals surface area contributed by atoms with Gasteiger partial charge in [-0.3, -0.25) is 9.79 Å². The zero-order valence-corrected chi connectivity index (χ0v) is 20.2. The second-order valence-electron chi connectivity index (χ2n) is 8.57. The van der Waals surface area contributed by atoms with Crippen LogP contribution in [0, 0.1) is 5.92 Å². The number of halogens is 6. The molecule has 1 aromatic carbocycles. The molecule has 1 amide bonds. The maximum Gasteiger partial charge on any atom is 0.417 e. The predicted molar refractivity (Wildman–Crippen MR) is 129 cm³/mol. The first-order chi connectivity index (χ1) is 16.8. The first kappa shape index (κ1) is 27.4. The molecule has 6 nitrogen and oxygen atoms in total. The Kier molecular flexibility index (Phi) is 8.22. The highest BCUT2D eigenvalue weighted by Crippen LogP contribution is 2.35. The minimum Gasteiger partial charge on any atom is -0.394 e. The number of pyridine rings is 1. The van der Waals surface area contributed by atoms with Crippen molar-refractivity contribution in [2.75, 3.05) is 25.5 Å². The van der Waals surface area contributed by atoms with Crippen molar-refractivity contribution in [3.8, 4) is 0 Å². The Balaban J connectivity index is 1.90. The summed E-state index contributed by atoms with van der Waals surface area (Å²) in [5, 5.41) is 3.24. The predicted octanol–water partition coefficient (Wildman–Crippen LogP) is 5.11. The summed E-state index contributed by atoms with van der Waals surface area (Å²) >= 11 is 6.06. The van der Waals surface area contributed by atoms with Crippen LogP contribution in [-0.2, 0) is 11.0 Å². The van der Waals surface area contributed by atoms with E-state index in [9.17, 15) is 26.7 Å². The van der Waals surface area contributed by atoms with E-state index in [0.717, 1.165) is 17.0 Å². The number of nitrogens with zero attached hydrogens (tertiary/aromatic N) is 3. The fraction of sp³-hybridized carbons (Fsp3) is 0.375. The van der Waals surface area contributed by atoms with Crippen molar-refractivity contribution >= 4 is 35.1 Å². The van der Waals surface area contributed by atoms with Gasteiger partial charge in [0.15, 0.2) is 0 Å². The molecule has 12 heteroatoms. The number of allylic oxidation sites excluding steroid dienone is 1. The molecule has 2 heterocycles. The third-order valence-electron chi connectivity index (χ3n) is 5.84. The number of benzene rings is 1. The number of likely N-dealkylation sites (tertiary alicyclic amines) is 1. The van der Waals surface area contributed by atoms with Crippen molar-refractivity contribution in [3.05, 3.63) is 64.4 Å². The average molecular weight is 530 g/mol. The number of anilines is 1. The van der Waals surface area contributed by atoms with E-state index in [1.807, 2.05) is 0 Å². The monoisotopic (exact) mass is 529 g/mol. The zero-order chi connectivity index (χ0) is 26.7. The van der Waals surface area contributed by atoms with Gasteiger partial charge in [-0.25, -0.2) is 13.8 Å². The second-order valence-corrected chi connectivity index (χ2v) is 9.01. The average Bonchev–Trinajstić information content (AvgIpc) is 2.80. The number of aromatic nitrogens is 1. The van der Waals surface area contributed by atoms with Crippen LogP contribution in [0.3, 0.4) is 0 Å². The Morgan fingerprint density at radius 1 is 1.33 bits per heavy atom. The minimum absolute atomic E-state index is 0.0248. The van der Waals surface area contributed by atoms with Crippen LogP contribution in [0.5, 0.6) is 0 Å². The molecule has 0 bridgehead atoms. The summed E-state index contributed by atoms with van der Waals surface area (Å²) in [6.07, 6.45) is -2.98. The van der Waals surface area contributed by atoms with E-state index < -0.39 is 48.5 Å². The summed E-state index contributed by atoms with van der Waals surface area (Å²) in [7, 11) is 1.48. The van der Waals surface area contributed by atoms with Crippen molar-refractivity contribution in [2.24, 2.45) is 16.6 Å².